The first kappa shape index (κ1) is 13.1. The van der Waals surface area contributed by atoms with Gasteiger partial charge in [-0.05, 0) is 12.1 Å². The average Bonchev–Trinajstić information content (AvgIpc) is 2.97. The van der Waals surface area contributed by atoms with Gasteiger partial charge in [0.05, 0.1) is 18.8 Å². The van der Waals surface area contributed by atoms with Gasteiger partial charge in [-0.25, -0.2) is 4.98 Å². The fraction of sp³-hybridized carbons (Fsp3) is 0.364. The molecule has 0 amide bonds. The number of H-pyrrole nitrogens is 1. The topological polar surface area (TPSA) is 53.9 Å². The Morgan fingerprint density at radius 1 is 1.33 bits per heavy atom. The lowest BCUT2D eigenvalue weighted by Gasteiger charge is -2.00. The smallest absolute Gasteiger partial charge is 0.284 e. The molecule has 0 saturated heterocycles. The molecule has 0 aliphatic carbocycles. The van der Waals surface area contributed by atoms with Crippen molar-refractivity contribution >= 4 is 11.8 Å². The van der Waals surface area contributed by atoms with Gasteiger partial charge in [-0.2, -0.15) is 8.78 Å². The quantitative estimate of drug-likeness (QED) is 0.814. The monoisotopic (exact) mass is 273 g/mol. The number of halogens is 2. The van der Waals surface area contributed by atoms with Crippen LogP contribution in [0, 0.1) is 0 Å². The predicted octanol–water partition coefficient (Wildman–Crippen LogP) is 2.75. The predicted molar refractivity (Wildman–Crippen MR) is 65.1 cm³/mol. The first-order chi connectivity index (χ1) is 8.74. The Labute approximate surface area is 107 Å². The SMILES string of the molecule is FC(F)SCc1ccc(CNCc2ncc[nH]2)o1. The molecule has 0 atom stereocenters. The Kier molecular flexibility index (Phi) is 4.77. The average molecular weight is 273 g/mol. The van der Waals surface area contributed by atoms with E-state index >= 15 is 0 Å². The number of aromatic amines is 1. The summed E-state index contributed by atoms with van der Waals surface area (Å²) in [6, 6.07) is 3.51. The zero-order valence-electron chi connectivity index (χ0n) is 9.53. The van der Waals surface area contributed by atoms with Crippen LogP contribution in [-0.4, -0.2) is 15.7 Å². The summed E-state index contributed by atoms with van der Waals surface area (Å²) in [5.41, 5.74) is 0. The lowest BCUT2D eigenvalue weighted by Crippen LogP contribution is -2.13. The largest absolute Gasteiger partial charge is 0.464 e. The molecule has 2 heterocycles. The molecule has 0 saturated carbocycles. The van der Waals surface area contributed by atoms with Crippen molar-refractivity contribution in [2.24, 2.45) is 0 Å². The third kappa shape index (κ3) is 4.15. The fourth-order valence-electron chi connectivity index (χ4n) is 1.44. The summed E-state index contributed by atoms with van der Waals surface area (Å²) >= 11 is 0.557. The third-order valence-corrected chi connectivity index (χ3v) is 2.92. The number of nitrogens with one attached hydrogen (secondary N) is 2. The van der Waals surface area contributed by atoms with Crippen LogP contribution in [0.1, 0.15) is 17.3 Å². The Hall–Kier alpha value is -1.34. The van der Waals surface area contributed by atoms with Gasteiger partial charge in [0, 0.05) is 12.4 Å². The minimum absolute atomic E-state index is 0.190. The maximum Gasteiger partial charge on any atom is 0.284 e. The maximum atomic E-state index is 12.0. The van der Waals surface area contributed by atoms with Crippen LogP contribution in [0.4, 0.5) is 8.78 Å². The highest BCUT2D eigenvalue weighted by atomic mass is 32.2. The molecule has 7 heteroatoms. The Morgan fingerprint density at radius 3 is 2.89 bits per heavy atom. The molecular weight excluding hydrogens is 260 g/mol. The van der Waals surface area contributed by atoms with E-state index in [-0.39, 0.29) is 5.75 Å². The molecule has 0 bridgehead atoms. The van der Waals surface area contributed by atoms with Gasteiger partial charge in [-0.3, -0.25) is 0 Å². The second-order valence-electron chi connectivity index (χ2n) is 3.58. The van der Waals surface area contributed by atoms with E-state index in [1.54, 1.807) is 24.5 Å². The molecule has 2 aromatic rings. The normalized spacial score (nSPS) is 11.3. The summed E-state index contributed by atoms with van der Waals surface area (Å²) in [6.07, 6.45) is 3.44. The molecule has 2 rings (SSSR count). The van der Waals surface area contributed by atoms with Gasteiger partial charge in [0.2, 0.25) is 0 Å². The van der Waals surface area contributed by atoms with E-state index in [9.17, 15) is 8.78 Å². The number of rotatable bonds is 7. The van der Waals surface area contributed by atoms with Gasteiger partial charge < -0.3 is 14.7 Å². The van der Waals surface area contributed by atoms with Crippen molar-refractivity contribution in [3.05, 3.63) is 41.9 Å². The lowest BCUT2D eigenvalue weighted by molar-refractivity contribution is 0.251. The molecule has 0 aromatic carbocycles. The molecule has 98 valence electrons. The van der Waals surface area contributed by atoms with Crippen LogP contribution < -0.4 is 5.32 Å². The third-order valence-electron chi connectivity index (χ3n) is 2.22. The number of nitrogens with zero attached hydrogens (tertiary/aromatic N) is 1. The van der Waals surface area contributed by atoms with Crippen molar-refractivity contribution < 1.29 is 13.2 Å². The summed E-state index contributed by atoms with van der Waals surface area (Å²) < 4.78 is 29.4. The molecule has 2 aromatic heterocycles. The van der Waals surface area contributed by atoms with E-state index in [0.29, 0.717) is 30.6 Å². The van der Waals surface area contributed by atoms with Crippen LogP contribution >= 0.6 is 11.8 Å². The number of thioether (sulfide) groups is 1. The Morgan fingerprint density at radius 2 is 2.17 bits per heavy atom. The fourth-order valence-corrected chi connectivity index (χ4v) is 1.88. The molecular formula is C11H13F2N3OS. The number of hydrogen-bond donors (Lipinski definition) is 2. The van der Waals surface area contributed by atoms with E-state index < -0.39 is 5.76 Å². The summed E-state index contributed by atoms with van der Waals surface area (Å²) in [5.74, 6) is -0.0391. The van der Waals surface area contributed by atoms with E-state index in [2.05, 4.69) is 15.3 Å². The lowest BCUT2D eigenvalue weighted by atomic mass is 10.4. The van der Waals surface area contributed by atoms with E-state index in [0.717, 1.165) is 11.6 Å². The van der Waals surface area contributed by atoms with Gasteiger partial charge >= 0.3 is 0 Å². The molecule has 0 fully saturated rings. The van der Waals surface area contributed by atoms with Crippen LogP contribution in [0.15, 0.2) is 28.9 Å². The highest BCUT2D eigenvalue weighted by molar-refractivity contribution is 7.98. The summed E-state index contributed by atoms with van der Waals surface area (Å²) in [6.45, 7) is 1.15. The van der Waals surface area contributed by atoms with Crippen molar-refractivity contribution in [3.8, 4) is 0 Å². The minimum atomic E-state index is -2.37. The van der Waals surface area contributed by atoms with Crippen molar-refractivity contribution in [2.75, 3.05) is 0 Å². The van der Waals surface area contributed by atoms with Crippen LogP contribution in [0.25, 0.3) is 0 Å². The molecule has 0 spiro atoms. The number of alkyl halides is 2. The van der Waals surface area contributed by atoms with Crippen LogP contribution in [0.2, 0.25) is 0 Å². The molecule has 0 aliphatic heterocycles. The van der Waals surface area contributed by atoms with Crippen LogP contribution in [0.5, 0.6) is 0 Å². The van der Waals surface area contributed by atoms with Crippen molar-refractivity contribution in [2.45, 2.75) is 24.6 Å². The minimum Gasteiger partial charge on any atom is -0.464 e. The molecule has 18 heavy (non-hydrogen) atoms. The Balaban J connectivity index is 1.73. The van der Waals surface area contributed by atoms with Crippen LogP contribution in [-0.2, 0) is 18.8 Å². The van der Waals surface area contributed by atoms with Crippen molar-refractivity contribution in [1.82, 2.24) is 15.3 Å². The number of aromatic nitrogens is 2. The van der Waals surface area contributed by atoms with Gasteiger partial charge in [-0.15, -0.1) is 0 Å². The zero-order valence-corrected chi connectivity index (χ0v) is 10.3. The highest BCUT2D eigenvalue weighted by Gasteiger charge is 2.07. The second-order valence-corrected chi connectivity index (χ2v) is 4.56. The number of hydrogen-bond acceptors (Lipinski definition) is 4. The molecule has 0 radical (unpaired) electrons. The summed E-state index contributed by atoms with van der Waals surface area (Å²) in [4.78, 5) is 7.04. The summed E-state index contributed by atoms with van der Waals surface area (Å²) in [5, 5.41) is 3.14. The summed E-state index contributed by atoms with van der Waals surface area (Å²) in [7, 11) is 0. The first-order valence-corrected chi connectivity index (χ1v) is 6.45. The van der Waals surface area contributed by atoms with Gasteiger partial charge in [0.25, 0.3) is 5.76 Å². The van der Waals surface area contributed by atoms with Gasteiger partial charge in [0.1, 0.15) is 17.3 Å². The zero-order chi connectivity index (χ0) is 12.8. The molecule has 0 unspecified atom stereocenters. The van der Waals surface area contributed by atoms with Gasteiger partial charge in [0.15, 0.2) is 0 Å². The van der Waals surface area contributed by atoms with Gasteiger partial charge in [-0.1, -0.05) is 11.8 Å². The Bertz CT molecular complexity index is 459. The maximum absolute atomic E-state index is 12.0. The van der Waals surface area contributed by atoms with E-state index in [4.69, 9.17) is 4.42 Å². The van der Waals surface area contributed by atoms with Crippen molar-refractivity contribution in [1.29, 1.82) is 0 Å². The standard InChI is InChI=1S/C11H13F2N3OS/c12-11(13)18-7-9-2-1-8(17-9)5-14-6-10-15-3-4-16-10/h1-4,11,14H,5-7H2,(H,15,16). The molecule has 4 nitrogen and oxygen atoms in total. The first-order valence-electron chi connectivity index (χ1n) is 5.40. The second kappa shape index (κ2) is 6.55. The molecule has 2 N–H and O–H groups in total. The number of imidazole rings is 1. The number of furan rings is 1. The van der Waals surface area contributed by atoms with Crippen LogP contribution in [0.3, 0.4) is 0 Å². The molecule has 0 aliphatic rings. The van der Waals surface area contributed by atoms with Crippen molar-refractivity contribution in [3.63, 3.8) is 0 Å². The highest BCUT2D eigenvalue weighted by Crippen LogP contribution is 2.21. The van der Waals surface area contributed by atoms with E-state index in [1.165, 1.54) is 0 Å². The van der Waals surface area contributed by atoms with E-state index in [1.807, 2.05) is 0 Å².